The van der Waals surface area contributed by atoms with Gasteiger partial charge in [-0.25, -0.2) is 0 Å². The van der Waals surface area contributed by atoms with Crippen molar-refractivity contribution < 1.29 is 9.90 Å². The minimum absolute atomic E-state index is 0.0194. The number of aromatic nitrogens is 3. The number of nitrogens with zero attached hydrogens (tertiary/aromatic N) is 3. The molecule has 2 unspecified atom stereocenters. The molecule has 0 aliphatic carbocycles. The van der Waals surface area contributed by atoms with Crippen LogP contribution in [0.15, 0.2) is 85.2 Å². The Morgan fingerprint density at radius 3 is 2.53 bits per heavy atom. The highest BCUT2D eigenvalue weighted by atomic mass is 16.3. The van der Waals surface area contributed by atoms with E-state index in [4.69, 9.17) is 0 Å². The molecule has 196 valence electrons. The summed E-state index contributed by atoms with van der Waals surface area (Å²) in [6.07, 6.45) is 6.33. The molecule has 0 bridgehead atoms. The summed E-state index contributed by atoms with van der Waals surface area (Å²) in [7, 11) is 1.85. The van der Waals surface area contributed by atoms with Crippen LogP contribution in [0.25, 0.3) is 0 Å². The first kappa shape index (κ1) is 25.8. The molecule has 4 aromatic rings. The Bertz CT molecular complexity index is 1320. The number of aliphatic hydroxyl groups excluding tert-OH is 1. The number of aryl methyl sites for hydroxylation is 1. The van der Waals surface area contributed by atoms with E-state index in [0.717, 1.165) is 41.8 Å². The van der Waals surface area contributed by atoms with Crippen LogP contribution in [0.2, 0.25) is 0 Å². The molecule has 7 nitrogen and oxygen atoms in total. The van der Waals surface area contributed by atoms with E-state index in [9.17, 15) is 9.90 Å². The van der Waals surface area contributed by atoms with Crippen LogP contribution in [0.5, 0.6) is 0 Å². The second kappa shape index (κ2) is 11.7. The number of aromatic amines is 1. The minimum Gasteiger partial charge on any atom is -0.387 e. The topological polar surface area (TPSA) is 94.1 Å². The quantitative estimate of drug-likeness (QED) is 0.307. The zero-order valence-electron chi connectivity index (χ0n) is 21.9. The Labute approximate surface area is 223 Å². The van der Waals surface area contributed by atoms with Crippen LogP contribution in [0.4, 0.5) is 0 Å². The average molecular weight is 510 g/mol. The average Bonchev–Trinajstić information content (AvgIpc) is 3.61. The number of aliphatic hydroxyl groups is 1. The van der Waals surface area contributed by atoms with Crippen molar-refractivity contribution in [2.24, 2.45) is 0 Å². The van der Waals surface area contributed by atoms with Crippen LogP contribution in [0.1, 0.15) is 63.4 Å². The number of benzene rings is 2. The molecule has 38 heavy (non-hydrogen) atoms. The predicted octanol–water partition coefficient (Wildman–Crippen LogP) is 4.57. The number of amides is 1. The summed E-state index contributed by atoms with van der Waals surface area (Å²) in [5.74, 6) is -0.0308. The minimum atomic E-state index is -0.564. The zero-order valence-corrected chi connectivity index (χ0v) is 21.9. The van der Waals surface area contributed by atoms with Crippen molar-refractivity contribution in [2.75, 3.05) is 7.05 Å². The van der Waals surface area contributed by atoms with E-state index in [1.54, 1.807) is 17.3 Å². The van der Waals surface area contributed by atoms with Crippen molar-refractivity contribution in [3.05, 3.63) is 119 Å². The van der Waals surface area contributed by atoms with Crippen molar-refractivity contribution in [1.29, 1.82) is 0 Å². The molecule has 7 heteroatoms. The third kappa shape index (κ3) is 6.01. The fourth-order valence-corrected chi connectivity index (χ4v) is 5.34. The number of carbonyl (C=O) groups excluding carboxylic acids is 1. The van der Waals surface area contributed by atoms with Gasteiger partial charge in [0.25, 0.3) is 5.91 Å². The smallest absolute Gasteiger partial charge is 0.254 e. The van der Waals surface area contributed by atoms with E-state index in [1.807, 2.05) is 74.6 Å². The maximum Gasteiger partial charge on any atom is 0.254 e. The van der Waals surface area contributed by atoms with Gasteiger partial charge in [0.1, 0.15) is 0 Å². The van der Waals surface area contributed by atoms with Crippen molar-refractivity contribution in [2.45, 2.75) is 56.8 Å². The van der Waals surface area contributed by atoms with E-state index >= 15 is 0 Å². The fraction of sp³-hybridized carbons (Fsp3) is 0.323. The van der Waals surface area contributed by atoms with Crippen LogP contribution in [-0.2, 0) is 12.8 Å². The van der Waals surface area contributed by atoms with Gasteiger partial charge in [0.2, 0.25) is 0 Å². The van der Waals surface area contributed by atoms with Crippen LogP contribution in [0, 0.1) is 6.92 Å². The summed E-state index contributed by atoms with van der Waals surface area (Å²) in [6, 6.07) is 24.0. The summed E-state index contributed by atoms with van der Waals surface area (Å²) in [5.41, 5.74) is 5.65. The van der Waals surface area contributed by atoms with Crippen LogP contribution in [0.3, 0.4) is 0 Å². The van der Waals surface area contributed by atoms with Gasteiger partial charge in [-0.3, -0.25) is 14.9 Å². The van der Waals surface area contributed by atoms with E-state index < -0.39 is 6.10 Å². The number of pyridine rings is 1. The number of hydrogen-bond acceptors (Lipinski definition) is 5. The molecule has 0 spiro atoms. The first-order valence-electron chi connectivity index (χ1n) is 13.2. The van der Waals surface area contributed by atoms with Gasteiger partial charge in [-0.15, -0.1) is 0 Å². The molecule has 1 aliphatic heterocycles. The zero-order chi connectivity index (χ0) is 26.5. The number of nitrogens with one attached hydrogen (secondary N) is 2. The second-order valence-corrected chi connectivity index (χ2v) is 10.3. The lowest BCUT2D eigenvalue weighted by atomic mass is 10.00. The molecule has 4 atom stereocenters. The van der Waals surface area contributed by atoms with E-state index in [0.29, 0.717) is 12.0 Å². The van der Waals surface area contributed by atoms with E-state index in [2.05, 4.69) is 32.6 Å². The Balaban J connectivity index is 1.23. The molecule has 3 N–H and O–H groups in total. The van der Waals surface area contributed by atoms with Gasteiger partial charge in [0.05, 0.1) is 17.8 Å². The van der Waals surface area contributed by atoms with Crippen molar-refractivity contribution >= 4 is 5.91 Å². The third-order valence-electron chi connectivity index (χ3n) is 7.49. The van der Waals surface area contributed by atoms with Crippen molar-refractivity contribution in [1.82, 2.24) is 25.4 Å². The molecule has 0 radical (unpaired) electrons. The maximum atomic E-state index is 13.5. The number of rotatable bonds is 9. The summed E-state index contributed by atoms with van der Waals surface area (Å²) in [4.78, 5) is 19.4. The summed E-state index contributed by atoms with van der Waals surface area (Å²) >= 11 is 0. The number of carbonyl (C=O) groups is 1. The lowest BCUT2D eigenvalue weighted by molar-refractivity contribution is 0.0726. The maximum absolute atomic E-state index is 13.5. The molecule has 1 saturated heterocycles. The molecule has 5 rings (SSSR count). The lowest BCUT2D eigenvalue weighted by Crippen LogP contribution is -2.35. The Hall–Kier alpha value is -3.81. The number of likely N-dealkylation sites (N-methyl/N-ethyl adjacent to an activating group) is 1. The summed E-state index contributed by atoms with van der Waals surface area (Å²) in [5, 5.41) is 21.8. The first-order valence-corrected chi connectivity index (χ1v) is 13.2. The first-order chi connectivity index (χ1) is 18.5. The van der Waals surface area contributed by atoms with Gasteiger partial charge in [-0.2, -0.15) is 5.10 Å². The number of hydrogen-bond donors (Lipinski definition) is 3. The molecule has 0 saturated carbocycles. The van der Waals surface area contributed by atoms with Gasteiger partial charge in [-0.1, -0.05) is 48.5 Å². The molecule has 2 aromatic carbocycles. The van der Waals surface area contributed by atoms with Gasteiger partial charge >= 0.3 is 0 Å². The Morgan fingerprint density at radius 2 is 1.84 bits per heavy atom. The summed E-state index contributed by atoms with van der Waals surface area (Å²) < 4.78 is 0. The molecule has 1 amide bonds. The Morgan fingerprint density at radius 1 is 1.05 bits per heavy atom. The highest BCUT2D eigenvalue weighted by molar-refractivity contribution is 5.94. The van der Waals surface area contributed by atoms with Crippen LogP contribution < -0.4 is 5.32 Å². The van der Waals surface area contributed by atoms with Crippen molar-refractivity contribution in [3.8, 4) is 0 Å². The largest absolute Gasteiger partial charge is 0.387 e. The molecule has 2 aromatic heterocycles. The molecule has 3 heterocycles. The van der Waals surface area contributed by atoms with Crippen molar-refractivity contribution in [3.63, 3.8) is 0 Å². The normalized spacial score (nSPS) is 18.7. The van der Waals surface area contributed by atoms with Crippen LogP contribution >= 0.6 is 0 Å². The summed E-state index contributed by atoms with van der Waals surface area (Å²) in [6.45, 7) is 1.97. The van der Waals surface area contributed by atoms with Gasteiger partial charge < -0.3 is 15.3 Å². The molecular formula is C31H35N5O2. The standard InChI is InChI=1S/C31H35N5O2/c1-21-17-28(35-34-21)29(19-22-7-4-3-5-8-22)36(2)31(38)24-12-10-23(11-13-24)18-26-14-15-27(33-26)30(37)25-9-6-16-32-20-25/h3-13,16-17,20,26-27,29-30,33,37H,14-15,18-19H2,1-2H3,(H,34,35)/t26-,27+,29?,30?/m0/s1. The monoisotopic (exact) mass is 509 g/mol. The second-order valence-electron chi connectivity index (χ2n) is 10.3. The Kier molecular flexibility index (Phi) is 7.96. The lowest BCUT2D eigenvalue weighted by Gasteiger charge is -2.27. The van der Waals surface area contributed by atoms with Gasteiger partial charge in [-0.05, 0) is 68.0 Å². The highest BCUT2D eigenvalue weighted by Crippen LogP contribution is 2.27. The third-order valence-corrected chi connectivity index (χ3v) is 7.49. The van der Waals surface area contributed by atoms with E-state index in [-0.39, 0.29) is 24.0 Å². The molecule has 1 fully saturated rings. The molecular weight excluding hydrogens is 474 g/mol. The number of H-pyrrole nitrogens is 1. The van der Waals surface area contributed by atoms with Gasteiger partial charge in [0.15, 0.2) is 0 Å². The van der Waals surface area contributed by atoms with Crippen LogP contribution in [-0.4, -0.2) is 50.2 Å². The van der Waals surface area contributed by atoms with Gasteiger partial charge in [0, 0.05) is 48.3 Å². The SMILES string of the molecule is Cc1cc(C(Cc2ccccc2)N(C)C(=O)c2ccc(C[C@@H]3CC[C@H](C(O)c4cccnc4)N3)cc2)n[nH]1. The van der Waals surface area contributed by atoms with E-state index in [1.165, 1.54) is 5.56 Å². The fourth-order valence-electron chi connectivity index (χ4n) is 5.34. The highest BCUT2D eigenvalue weighted by Gasteiger charge is 2.30. The predicted molar refractivity (Wildman–Crippen MR) is 148 cm³/mol. The molecule has 1 aliphatic rings.